The van der Waals surface area contributed by atoms with Crippen LogP contribution in [0.1, 0.15) is 29.8 Å². The second kappa shape index (κ2) is 9.12. The standard InChI is InChI=1S/C21H25N5O2/c1-15-14-16(2)23-21(22-15)25-24-20(28)18-10-12-26(13-11-18)19(27)9-8-17-6-4-3-5-7-17/h3-9,14,18H,10-13H2,1-2H3,(H,24,28)(H,22,23,25)/b9-8+. The first kappa shape index (κ1) is 19.5. The van der Waals surface area contributed by atoms with Crippen LogP contribution in [-0.4, -0.2) is 39.8 Å². The minimum absolute atomic E-state index is 0.0236. The number of carbonyl (C=O) groups excluding carboxylic acids is 2. The fraction of sp³-hybridized carbons (Fsp3) is 0.333. The van der Waals surface area contributed by atoms with Crippen molar-refractivity contribution < 1.29 is 9.59 Å². The van der Waals surface area contributed by atoms with E-state index in [9.17, 15) is 9.59 Å². The lowest BCUT2D eigenvalue weighted by Gasteiger charge is -2.30. The Hall–Kier alpha value is -3.22. The number of hydrazine groups is 1. The van der Waals surface area contributed by atoms with Crippen molar-refractivity contribution in [3.05, 3.63) is 59.4 Å². The van der Waals surface area contributed by atoms with Gasteiger partial charge in [0.15, 0.2) is 0 Å². The predicted octanol–water partition coefficient (Wildman–Crippen LogP) is 2.49. The van der Waals surface area contributed by atoms with E-state index in [4.69, 9.17) is 0 Å². The van der Waals surface area contributed by atoms with Crippen molar-refractivity contribution in [1.82, 2.24) is 20.3 Å². The number of amides is 2. The molecule has 2 heterocycles. The lowest BCUT2D eigenvalue weighted by atomic mass is 9.96. The van der Waals surface area contributed by atoms with E-state index in [-0.39, 0.29) is 17.7 Å². The molecule has 1 aliphatic heterocycles. The maximum atomic E-state index is 12.4. The molecule has 1 aliphatic rings. The van der Waals surface area contributed by atoms with Crippen molar-refractivity contribution in [2.45, 2.75) is 26.7 Å². The van der Waals surface area contributed by atoms with E-state index >= 15 is 0 Å². The number of piperidine rings is 1. The molecule has 0 atom stereocenters. The Morgan fingerprint density at radius 1 is 1.07 bits per heavy atom. The van der Waals surface area contributed by atoms with E-state index < -0.39 is 0 Å². The summed E-state index contributed by atoms with van der Waals surface area (Å²) >= 11 is 0. The third-order valence-corrected chi connectivity index (χ3v) is 4.68. The molecule has 1 fully saturated rings. The summed E-state index contributed by atoms with van der Waals surface area (Å²) in [6, 6.07) is 11.6. The third-order valence-electron chi connectivity index (χ3n) is 4.68. The number of aromatic nitrogens is 2. The van der Waals surface area contributed by atoms with Crippen molar-refractivity contribution in [2.24, 2.45) is 5.92 Å². The molecule has 2 aromatic rings. The number of carbonyl (C=O) groups is 2. The van der Waals surface area contributed by atoms with Crippen molar-refractivity contribution in [3.8, 4) is 0 Å². The molecule has 0 spiro atoms. The monoisotopic (exact) mass is 379 g/mol. The summed E-state index contributed by atoms with van der Waals surface area (Å²) in [4.78, 5) is 35.0. The smallest absolute Gasteiger partial charge is 0.246 e. The number of nitrogens with zero attached hydrogens (tertiary/aromatic N) is 3. The van der Waals surface area contributed by atoms with Crippen LogP contribution in [-0.2, 0) is 9.59 Å². The van der Waals surface area contributed by atoms with Gasteiger partial charge in [0, 0.05) is 36.5 Å². The molecule has 0 unspecified atom stereocenters. The van der Waals surface area contributed by atoms with Gasteiger partial charge in [0.1, 0.15) is 0 Å². The van der Waals surface area contributed by atoms with Crippen molar-refractivity contribution in [2.75, 3.05) is 18.5 Å². The molecule has 1 aromatic carbocycles. The van der Waals surface area contributed by atoms with E-state index in [1.165, 1.54) is 0 Å². The SMILES string of the molecule is Cc1cc(C)nc(NNC(=O)C2CCN(C(=O)/C=C/c3ccccc3)CC2)n1. The van der Waals surface area contributed by atoms with Crippen LogP contribution in [0, 0.1) is 19.8 Å². The summed E-state index contributed by atoms with van der Waals surface area (Å²) < 4.78 is 0. The molecule has 1 aromatic heterocycles. The zero-order chi connectivity index (χ0) is 19.9. The minimum atomic E-state index is -0.138. The van der Waals surface area contributed by atoms with Gasteiger partial charge in [0.25, 0.3) is 0 Å². The molecular weight excluding hydrogens is 354 g/mol. The molecular formula is C21H25N5O2. The Bertz CT molecular complexity index is 838. The van der Waals surface area contributed by atoms with Crippen LogP contribution in [0.4, 0.5) is 5.95 Å². The van der Waals surface area contributed by atoms with E-state index in [0.29, 0.717) is 31.9 Å². The van der Waals surface area contributed by atoms with Crippen LogP contribution in [0.5, 0.6) is 0 Å². The highest BCUT2D eigenvalue weighted by atomic mass is 16.2. The van der Waals surface area contributed by atoms with Crippen LogP contribution in [0.2, 0.25) is 0 Å². The Morgan fingerprint density at radius 3 is 2.36 bits per heavy atom. The largest absolute Gasteiger partial charge is 0.339 e. The number of nitrogens with one attached hydrogen (secondary N) is 2. The number of rotatable bonds is 5. The highest BCUT2D eigenvalue weighted by Crippen LogP contribution is 2.18. The lowest BCUT2D eigenvalue weighted by molar-refractivity contribution is -0.131. The van der Waals surface area contributed by atoms with E-state index in [1.807, 2.05) is 56.3 Å². The van der Waals surface area contributed by atoms with Crippen LogP contribution in [0.3, 0.4) is 0 Å². The van der Waals surface area contributed by atoms with E-state index in [2.05, 4.69) is 20.8 Å². The van der Waals surface area contributed by atoms with Crippen LogP contribution in [0.25, 0.3) is 6.08 Å². The molecule has 146 valence electrons. The zero-order valence-corrected chi connectivity index (χ0v) is 16.2. The topological polar surface area (TPSA) is 87.2 Å². The molecule has 0 saturated carbocycles. The lowest BCUT2D eigenvalue weighted by Crippen LogP contribution is -2.44. The van der Waals surface area contributed by atoms with Gasteiger partial charge in [-0.05, 0) is 44.4 Å². The maximum absolute atomic E-state index is 12.4. The summed E-state index contributed by atoms with van der Waals surface area (Å²) in [5.41, 5.74) is 8.12. The van der Waals surface area contributed by atoms with Gasteiger partial charge in [0.2, 0.25) is 17.8 Å². The van der Waals surface area contributed by atoms with Gasteiger partial charge < -0.3 is 4.90 Å². The fourth-order valence-corrected chi connectivity index (χ4v) is 3.20. The summed E-state index contributed by atoms with van der Waals surface area (Å²) in [5, 5.41) is 0. The minimum Gasteiger partial charge on any atom is -0.339 e. The Morgan fingerprint density at radius 2 is 1.71 bits per heavy atom. The van der Waals surface area contributed by atoms with Crippen molar-refractivity contribution in [1.29, 1.82) is 0 Å². The summed E-state index contributed by atoms with van der Waals surface area (Å²) in [7, 11) is 0. The summed E-state index contributed by atoms with van der Waals surface area (Å²) in [5.74, 6) is 0.115. The molecule has 0 radical (unpaired) electrons. The highest BCUT2D eigenvalue weighted by molar-refractivity contribution is 5.92. The first-order chi connectivity index (χ1) is 13.5. The van der Waals surface area contributed by atoms with Gasteiger partial charge >= 0.3 is 0 Å². The van der Waals surface area contributed by atoms with Crippen LogP contribution < -0.4 is 10.9 Å². The third kappa shape index (κ3) is 5.39. The summed E-state index contributed by atoms with van der Waals surface area (Å²) in [6.07, 6.45) is 4.67. The van der Waals surface area contributed by atoms with Crippen LogP contribution in [0.15, 0.2) is 42.5 Å². The van der Waals surface area contributed by atoms with Crippen LogP contribution >= 0.6 is 0 Å². The zero-order valence-electron chi connectivity index (χ0n) is 16.2. The number of likely N-dealkylation sites (tertiary alicyclic amines) is 1. The van der Waals surface area contributed by atoms with Crippen molar-refractivity contribution in [3.63, 3.8) is 0 Å². The average Bonchev–Trinajstić information content (AvgIpc) is 2.70. The highest BCUT2D eigenvalue weighted by Gasteiger charge is 2.26. The van der Waals surface area contributed by atoms with Gasteiger partial charge in [-0.2, -0.15) is 0 Å². The van der Waals surface area contributed by atoms with Crippen molar-refractivity contribution >= 4 is 23.8 Å². The Balaban J connectivity index is 1.45. The molecule has 2 amide bonds. The number of benzene rings is 1. The molecule has 3 rings (SSSR count). The fourth-order valence-electron chi connectivity index (χ4n) is 3.20. The second-order valence-electron chi connectivity index (χ2n) is 6.93. The van der Waals surface area contributed by atoms with Gasteiger partial charge in [-0.15, -0.1) is 0 Å². The summed E-state index contributed by atoms with van der Waals surface area (Å²) in [6.45, 7) is 4.88. The number of anilines is 1. The normalized spacial score (nSPS) is 14.9. The van der Waals surface area contributed by atoms with Gasteiger partial charge in [-0.1, -0.05) is 30.3 Å². The molecule has 7 nitrogen and oxygen atoms in total. The number of hydrogen-bond donors (Lipinski definition) is 2. The molecule has 2 N–H and O–H groups in total. The van der Waals surface area contributed by atoms with E-state index in [1.54, 1.807) is 11.0 Å². The molecule has 1 saturated heterocycles. The predicted molar refractivity (Wildman–Crippen MR) is 108 cm³/mol. The van der Waals surface area contributed by atoms with E-state index in [0.717, 1.165) is 17.0 Å². The maximum Gasteiger partial charge on any atom is 0.246 e. The first-order valence-corrected chi connectivity index (χ1v) is 9.41. The van der Waals surface area contributed by atoms with Gasteiger partial charge in [-0.3, -0.25) is 20.4 Å². The Kier molecular flexibility index (Phi) is 6.37. The first-order valence-electron chi connectivity index (χ1n) is 9.41. The number of hydrogen-bond acceptors (Lipinski definition) is 5. The molecule has 0 aliphatic carbocycles. The average molecular weight is 379 g/mol. The Labute approximate surface area is 164 Å². The second-order valence-corrected chi connectivity index (χ2v) is 6.93. The van der Waals surface area contributed by atoms with Gasteiger partial charge in [0.05, 0.1) is 0 Å². The van der Waals surface area contributed by atoms with Gasteiger partial charge in [-0.25, -0.2) is 9.97 Å². The molecule has 0 bridgehead atoms. The molecule has 28 heavy (non-hydrogen) atoms. The molecule has 7 heteroatoms. The number of aryl methyl sites for hydroxylation is 2. The quantitative estimate of drug-likeness (QED) is 0.616.